The Morgan fingerprint density at radius 3 is 2.70 bits per heavy atom. The van der Waals surface area contributed by atoms with Gasteiger partial charge in [0.15, 0.2) is 17.3 Å². The van der Waals surface area contributed by atoms with Gasteiger partial charge in [0.25, 0.3) is 11.5 Å². The monoisotopic (exact) mass is 589 g/mol. The van der Waals surface area contributed by atoms with Crippen molar-refractivity contribution < 1.29 is 23.4 Å². The summed E-state index contributed by atoms with van der Waals surface area (Å²) >= 11 is 0. The summed E-state index contributed by atoms with van der Waals surface area (Å²) in [6.45, 7) is 2.66. The van der Waals surface area contributed by atoms with Crippen molar-refractivity contribution in [3.05, 3.63) is 70.3 Å². The summed E-state index contributed by atoms with van der Waals surface area (Å²) in [4.78, 5) is 33.6. The average Bonchev–Trinajstić information content (AvgIpc) is 3.55. The maximum atomic E-state index is 13.6. The van der Waals surface area contributed by atoms with Crippen LogP contribution in [0.2, 0.25) is 0 Å². The van der Waals surface area contributed by atoms with E-state index in [-0.39, 0.29) is 35.1 Å². The number of alkyl halides is 1. The summed E-state index contributed by atoms with van der Waals surface area (Å²) in [7, 11) is 1.62. The second-order valence-corrected chi connectivity index (χ2v) is 11.0. The van der Waals surface area contributed by atoms with Gasteiger partial charge in [-0.1, -0.05) is 12.1 Å². The van der Waals surface area contributed by atoms with Crippen LogP contribution in [0.1, 0.15) is 41.2 Å². The SMILES string of the molecule is COc1ccc(CN2CCOc3c(Nc4cccn(C5CCOCC5)c4=O)nc4c(C(=O)N[C@@H]5C[C@@H]5F)cnn4c32)cc1. The highest BCUT2D eigenvalue weighted by molar-refractivity contribution is 6.00. The van der Waals surface area contributed by atoms with Crippen LogP contribution < -0.4 is 30.6 Å². The summed E-state index contributed by atoms with van der Waals surface area (Å²) in [6.07, 6.45) is 3.96. The number of nitrogens with zero attached hydrogens (tertiary/aromatic N) is 5. The van der Waals surface area contributed by atoms with Gasteiger partial charge in [0, 0.05) is 38.4 Å². The van der Waals surface area contributed by atoms with E-state index in [1.807, 2.05) is 30.3 Å². The highest BCUT2D eigenvalue weighted by atomic mass is 19.1. The Kier molecular flexibility index (Phi) is 7.09. The summed E-state index contributed by atoms with van der Waals surface area (Å²) in [5.74, 6) is 1.58. The molecule has 12 nitrogen and oxygen atoms in total. The van der Waals surface area contributed by atoms with Crippen molar-refractivity contribution in [1.82, 2.24) is 24.5 Å². The van der Waals surface area contributed by atoms with Crippen molar-refractivity contribution in [3.63, 3.8) is 0 Å². The summed E-state index contributed by atoms with van der Waals surface area (Å²) in [5, 5.41) is 10.4. The molecule has 4 aromatic rings. The van der Waals surface area contributed by atoms with E-state index in [0.29, 0.717) is 50.2 Å². The zero-order valence-electron chi connectivity index (χ0n) is 23.7. The number of hydrogen-bond acceptors (Lipinski definition) is 9. The first-order valence-electron chi connectivity index (χ1n) is 14.4. The number of halogens is 1. The van der Waals surface area contributed by atoms with Crippen molar-refractivity contribution in [1.29, 1.82) is 0 Å². The molecular weight excluding hydrogens is 557 g/mol. The number of nitrogens with one attached hydrogen (secondary N) is 2. The molecule has 1 saturated heterocycles. The average molecular weight is 590 g/mol. The topological polar surface area (TPSA) is 124 Å². The van der Waals surface area contributed by atoms with Crippen LogP contribution in [0.5, 0.6) is 11.5 Å². The second-order valence-electron chi connectivity index (χ2n) is 11.0. The fraction of sp³-hybridized carbons (Fsp3) is 0.400. The molecule has 2 aliphatic heterocycles. The van der Waals surface area contributed by atoms with Crippen molar-refractivity contribution in [2.45, 2.75) is 44.1 Å². The molecule has 0 spiro atoms. The lowest BCUT2D eigenvalue weighted by Crippen LogP contribution is -2.35. The van der Waals surface area contributed by atoms with Gasteiger partial charge in [-0.05, 0) is 42.7 Å². The molecule has 2 atom stereocenters. The first-order valence-corrected chi connectivity index (χ1v) is 14.4. The zero-order chi connectivity index (χ0) is 29.5. The molecule has 2 N–H and O–H groups in total. The van der Waals surface area contributed by atoms with Gasteiger partial charge >= 0.3 is 0 Å². The molecule has 13 heteroatoms. The molecule has 3 aromatic heterocycles. The third-order valence-electron chi connectivity index (χ3n) is 8.11. The van der Waals surface area contributed by atoms with Gasteiger partial charge in [0.1, 0.15) is 29.8 Å². The number of carbonyl (C=O) groups excluding carboxylic acids is 1. The highest BCUT2D eigenvalue weighted by Gasteiger charge is 2.39. The van der Waals surface area contributed by atoms with Gasteiger partial charge in [-0.2, -0.15) is 9.61 Å². The first kappa shape index (κ1) is 27.2. The van der Waals surface area contributed by atoms with E-state index < -0.39 is 18.1 Å². The Hall–Kier alpha value is -4.65. The van der Waals surface area contributed by atoms with Crippen molar-refractivity contribution >= 4 is 28.9 Å². The number of rotatable bonds is 8. The maximum Gasteiger partial charge on any atom is 0.274 e. The largest absolute Gasteiger partial charge is 0.497 e. The number of fused-ring (bicyclic) bond motifs is 3. The van der Waals surface area contributed by atoms with E-state index in [2.05, 4.69) is 20.6 Å². The third-order valence-corrected chi connectivity index (χ3v) is 8.11. The number of benzene rings is 1. The maximum absolute atomic E-state index is 13.6. The van der Waals surface area contributed by atoms with E-state index in [4.69, 9.17) is 19.2 Å². The van der Waals surface area contributed by atoms with Crippen molar-refractivity contribution in [2.75, 3.05) is 43.7 Å². The Bertz CT molecular complexity index is 1720. The third kappa shape index (κ3) is 5.24. The fourth-order valence-corrected chi connectivity index (χ4v) is 5.63. The van der Waals surface area contributed by atoms with Crippen LogP contribution in [-0.2, 0) is 11.3 Å². The molecule has 224 valence electrons. The zero-order valence-corrected chi connectivity index (χ0v) is 23.7. The smallest absolute Gasteiger partial charge is 0.274 e. The molecule has 1 aromatic carbocycles. The van der Waals surface area contributed by atoms with E-state index >= 15 is 0 Å². The highest BCUT2D eigenvalue weighted by Crippen LogP contribution is 2.40. The summed E-state index contributed by atoms with van der Waals surface area (Å²) in [6, 6.07) is 10.8. The lowest BCUT2D eigenvalue weighted by molar-refractivity contribution is 0.0687. The van der Waals surface area contributed by atoms with E-state index in [1.165, 1.54) is 6.20 Å². The van der Waals surface area contributed by atoms with Gasteiger partial charge in [-0.25, -0.2) is 9.37 Å². The van der Waals surface area contributed by atoms with Gasteiger partial charge in [0.05, 0.1) is 25.9 Å². The van der Waals surface area contributed by atoms with Gasteiger partial charge < -0.3 is 34.3 Å². The van der Waals surface area contributed by atoms with Gasteiger partial charge in [0.2, 0.25) is 5.75 Å². The first-order chi connectivity index (χ1) is 21.0. The Labute approximate surface area is 246 Å². The molecular formula is C30H32FN7O5. The van der Waals surface area contributed by atoms with Crippen molar-refractivity contribution in [3.8, 4) is 11.5 Å². The normalized spacial score (nSPS) is 19.9. The minimum Gasteiger partial charge on any atom is -0.497 e. The molecule has 1 amide bonds. The quantitative estimate of drug-likeness (QED) is 0.319. The molecule has 1 aliphatic carbocycles. The Morgan fingerprint density at radius 1 is 1.16 bits per heavy atom. The minimum absolute atomic E-state index is 0.0375. The number of aromatic nitrogens is 4. The molecule has 7 rings (SSSR count). The van der Waals surface area contributed by atoms with Crippen LogP contribution in [0.4, 0.5) is 21.7 Å². The number of amides is 1. The van der Waals surface area contributed by atoms with Crippen LogP contribution in [-0.4, -0.2) is 70.8 Å². The van der Waals surface area contributed by atoms with Crippen LogP contribution in [0, 0.1) is 0 Å². The Morgan fingerprint density at radius 2 is 1.95 bits per heavy atom. The van der Waals surface area contributed by atoms with E-state index in [0.717, 1.165) is 24.2 Å². The Balaban J connectivity index is 1.30. The fourth-order valence-electron chi connectivity index (χ4n) is 5.63. The van der Waals surface area contributed by atoms with Crippen LogP contribution in [0.3, 0.4) is 0 Å². The predicted octanol–water partition coefficient (Wildman–Crippen LogP) is 3.23. The molecule has 1 saturated carbocycles. The van der Waals surface area contributed by atoms with E-state index in [9.17, 15) is 14.0 Å². The predicted molar refractivity (Wildman–Crippen MR) is 156 cm³/mol. The molecule has 0 unspecified atom stereocenters. The van der Waals surface area contributed by atoms with Crippen LogP contribution in [0.25, 0.3) is 5.65 Å². The molecule has 0 radical (unpaired) electrons. The van der Waals surface area contributed by atoms with Crippen LogP contribution >= 0.6 is 0 Å². The summed E-state index contributed by atoms with van der Waals surface area (Å²) in [5.41, 5.74) is 1.63. The van der Waals surface area contributed by atoms with E-state index in [1.54, 1.807) is 28.5 Å². The molecule has 3 aliphatic rings. The number of carbonyl (C=O) groups is 1. The van der Waals surface area contributed by atoms with Crippen LogP contribution in [0.15, 0.2) is 53.6 Å². The molecule has 43 heavy (non-hydrogen) atoms. The number of ether oxygens (including phenoxy) is 3. The summed E-state index contributed by atoms with van der Waals surface area (Å²) < 4.78 is 33.9. The standard InChI is InChI=1S/C30H32FN7O5/c1-41-20-6-4-18(5-7-20)17-36-11-14-43-25-26(33-23-3-2-10-37(30(23)40)19-8-12-42-13-9-19)35-27-21(16-32-38(27)29(25)36)28(39)34-24-15-22(24)31/h2-7,10,16,19,22,24H,8-9,11-15,17H2,1H3,(H,33,35)(H,34,39)/t22-,24+/m0/s1. The molecule has 0 bridgehead atoms. The number of methoxy groups -OCH3 is 1. The number of anilines is 3. The number of hydrogen-bond donors (Lipinski definition) is 2. The lowest BCUT2D eigenvalue weighted by atomic mass is 10.1. The van der Waals surface area contributed by atoms with Crippen molar-refractivity contribution in [2.24, 2.45) is 0 Å². The minimum atomic E-state index is -1.05. The molecule has 5 heterocycles. The number of pyridine rings is 1. The lowest BCUT2D eigenvalue weighted by Gasteiger charge is -2.32. The van der Waals surface area contributed by atoms with Gasteiger partial charge in [-0.15, -0.1) is 0 Å². The second kappa shape index (κ2) is 11.2. The molecule has 2 fully saturated rings. The van der Waals surface area contributed by atoms with Gasteiger partial charge in [-0.3, -0.25) is 9.59 Å².